The number of imide groups is 1. The Hall–Kier alpha value is -2.28. The van der Waals surface area contributed by atoms with Crippen molar-refractivity contribution in [2.75, 3.05) is 17.6 Å². The Morgan fingerprint density at radius 1 is 1.34 bits per heavy atom. The van der Waals surface area contributed by atoms with E-state index in [1.54, 1.807) is 17.8 Å². The second kappa shape index (κ2) is 8.22. The molecule has 0 bridgehead atoms. The summed E-state index contributed by atoms with van der Waals surface area (Å²) in [5.74, 6) is 0.369. The first-order valence-electron chi connectivity index (χ1n) is 9.92. The fourth-order valence-corrected chi connectivity index (χ4v) is 5.57. The highest BCUT2D eigenvalue weighted by Gasteiger charge is 2.56. The predicted octanol–water partition coefficient (Wildman–Crippen LogP) is 4.04. The van der Waals surface area contributed by atoms with E-state index in [4.69, 9.17) is 0 Å². The van der Waals surface area contributed by atoms with Crippen molar-refractivity contribution < 1.29 is 14.4 Å². The van der Waals surface area contributed by atoms with Crippen molar-refractivity contribution in [1.29, 1.82) is 0 Å². The number of carbonyl (C=O) groups is 3. The summed E-state index contributed by atoms with van der Waals surface area (Å²) in [5, 5.41) is 5.74. The average Bonchev–Trinajstić information content (AvgIpc) is 2.82. The van der Waals surface area contributed by atoms with Crippen LogP contribution in [0.25, 0.3) is 0 Å². The SMILES string of the molecule is C=CCSc1ccccc1NC(=O)CN1C(=O)NC2(CC(C)CC(C)(C)C2)C1=O. The highest BCUT2D eigenvalue weighted by atomic mass is 32.2. The summed E-state index contributed by atoms with van der Waals surface area (Å²) in [6.45, 7) is 9.77. The second-order valence-electron chi connectivity index (χ2n) is 8.90. The molecule has 156 valence electrons. The minimum Gasteiger partial charge on any atom is -0.324 e. The van der Waals surface area contributed by atoms with Crippen LogP contribution in [0.4, 0.5) is 10.5 Å². The van der Waals surface area contributed by atoms with Crippen molar-refractivity contribution >= 4 is 35.3 Å². The molecular weight excluding hydrogens is 386 g/mol. The van der Waals surface area contributed by atoms with Crippen LogP contribution in [0.3, 0.4) is 0 Å². The molecule has 2 N–H and O–H groups in total. The zero-order valence-electron chi connectivity index (χ0n) is 17.3. The third-order valence-corrected chi connectivity index (χ3v) is 6.51. The van der Waals surface area contributed by atoms with Crippen LogP contribution in [0.5, 0.6) is 0 Å². The molecule has 1 saturated carbocycles. The predicted molar refractivity (Wildman–Crippen MR) is 116 cm³/mol. The summed E-state index contributed by atoms with van der Waals surface area (Å²) in [4.78, 5) is 40.3. The molecule has 1 saturated heterocycles. The van der Waals surface area contributed by atoms with Crippen LogP contribution in [0, 0.1) is 11.3 Å². The van der Waals surface area contributed by atoms with Gasteiger partial charge in [-0.2, -0.15) is 0 Å². The Labute approximate surface area is 176 Å². The molecule has 0 aromatic heterocycles. The van der Waals surface area contributed by atoms with Crippen LogP contribution < -0.4 is 10.6 Å². The van der Waals surface area contributed by atoms with Gasteiger partial charge < -0.3 is 10.6 Å². The van der Waals surface area contributed by atoms with E-state index in [0.717, 1.165) is 22.0 Å². The molecule has 2 fully saturated rings. The molecule has 2 aliphatic rings. The Morgan fingerprint density at radius 3 is 2.76 bits per heavy atom. The van der Waals surface area contributed by atoms with Gasteiger partial charge in [-0.1, -0.05) is 39.0 Å². The van der Waals surface area contributed by atoms with Crippen LogP contribution in [0.2, 0.25) is 0 Å². The van der Waals surface area contributed by atoms with Crippen LogP contribution in [-0.4, -0.2) is 40.6 Å². The lowest BCUT2D eigenvalue weighted by atomic mass is 9.64. The molecule has 1 aromatic carbocycles. The van der Waals surface area contributed by atoms with Gasteiger partial charge in [0.1, 0.15) is 12.1 Å². The molecule has 29 heavy (non-hydrogen) atoms. The number of anilines is 1. The summed E-state index contributed by atoms with van der Waals surface area (Å²) in [7, 11) is 0. The van der Waals surface area contributed by atoms with Crippen LogP contribution in [0.15, 0.2) is 41.8 Å². The molecule has 1 spiro atoms. The number of carbonyl (C=O) groups excluding carboxylic acids is 3. The first kappa shape index (κ1) is 21.4. The number of amides is 4. The Kier molecular flexibility index (Phi) is 6.08. The minimum atomic E-state index is -0.893. The van der Waals surface area contributed by atoms with Crippen molar-refractivity contribution in [2.45, 2.75) is 50.5 Å². The summed E-state index contributed by atoms with van der Waals surface area (Å²) >= 11 is 1.56. The summed E-state index contributed by atoms with van der Waals surface area (Å²) in [6, 6.07) is 6.97. The van der Waals surface area contributed by atoms with E-state index in [1.165, 1.54) is 0 Å². The van der Waals surface area contributed by atoms with Crippen molar-refractivity contribution in [3.05, 3.63) is 36.9 Å². The lowest BCUT2D eigenvalue weighted by molar-refractivity contribution is -0.136. The Morgan fingerprint density at radius 2 is 2.07 bits per heavy atom. The molecular formula is C22H29N3O3S. The molecule has 7 heteroatoms. The number of para-hydroxylation sites is 1. The Balaban J connectivity index is 1.71. The molecule has 1 aliphatic carbocycles. The average molecular weight is 416 g/mol. The third kappa shape index (κ3) is 4.66. The van der Waals surface area contributed by atoms with Crippen LogP contribution in [0.1, 0.15) is 40.0 Å². The molecule has 2 atom stereocenters. The number of rotatable bonds is 6. The standard InChI is InChI=1S/C22H29N3O3S/c1-5-10-29-17-9-7-6-8-16(17)23-18(26)13-25-19(27)22(24-20(25)28)12-15(2)11-21(3,4)14-22/h5-9,15H,1,10-14H2,2-4H3,(H,23,26)(H,24,28). The number of hydrogen-bond acceptors (Lipinski definition) is 4. The zero-order chi connectivity index (χ0) is 21.2. The van der Waals surface area contributed by atoms with E-state index >= 15 is 0 Å². The normalized spacial score (nSPS) is 25.8. The summed E-state index contributed by atoms with van der Waals surface area (Å²) < 4.78 is 0. The number of hydrogen-bond donors (Lipinski definition) is 2. The van der Waals surface area contributed by atoms with Gasteiger partial charge in [0.05, 0.1) is 5.69 Å². The first-order valence-corrected chi connectivity index (χ1v) is 10.9. The van der Waals surface area contributed by atoms with Gasteiger partial charge in [-0.3, -0.25) is 14.5 Å². The molecule has 1 aromatic rings. The maximum Gasteiger partial charge on any atom is 0.325 e. The lowest BCUT2D eigenvalue weighted by Crippen LogP contribution is -2.54. The zero-order valence-corrected chi connectivity index (χ0v) is 18.1. The molecule has 1 heterocycles. The molecule has 3 rings (SSSR count). The Bertz CT molecular complexity index is 838. The van der Waals surface area contributed by atoms with Gasteiger partial charge in [-0.05, 0) is 42.7 Å². The van der Waals surface area contributed by atoms with E-state index < -0.39 is 11.6 Å². The van der Waals surface area contributed by atoms with E-state index in [0.29, 0.717) is 24.4 Å². The molecule has 1 aliphatic heterocycles. The van der Waals surface area contributed by atoms with Gasteiger partial charge in [0.25, 0.3) is 5.91 Å². The maximum absolute atomic E-state index is 13.2. The maximum atomic E-state index is 13.2. The largest absolute Gasteiger partial charge is 0.325 e. The van der Waals surface area contributed by atoms with Crippen molar-refractivity contribution in [3.8, 4) is 0 Å². The lowest BCUT2D eigenvalue weighted by Gasteiger charge is -2.43. The number of nitrogens with one attached hydrogen (secondary N) is 2. The first-order chi connectivity index (χ1) is 13.7. The summed E-state index contributed by atoms with van der Waals surface area (Å²) in [5.41, 5.74) is -0.269. The smallest absolute Gasteiger partial charge is 0.324 e. The summed E-state index contributed by atoms with van der Waals surface area (Å²) in [6.07, 6.45) is 4.01. The van der Waals surface area contributed by atoms with E-state index in [2.05, 4.69) is 38.0 Å². The van der Waals surface area contributed by atoms with Crippen molar-refractivity contribution in [3.63, 3.8) is 0 Å². The number of urea groups is 1. The topological polar surface area (TPSA) is 78.5 Å². The molecule has 6 nitrogen and oxygen atoms in total. The van der Waals surface area contributed by atoms with E-state index in [9.17, 15) is 14.4 Å². The van der Waals surface area contributed by atoms with Crippen LogP contribution >= 0.6 is 11.8 Å². The van der Waals surface area contributed by atoms with Gasteiger partial charge in [-0.25, -0.2) is 4.79 Å². The van der Waals surface area contributed by atoms with Crippen molar-refractivity contribution in [2.24, 2.45) is 11.3 Å². The molecule has 4 amide bonds. The number of nitrogens with zero attached hydrogens (tertiary/aromatic N) is 1. The highest BCUT2D eigenvalue weighted by Crippen LogP contribution is 2.46. The minimum absolute atomic E-state index is 0.0415. The fraction of sp³-hybridized carbons (Fsp3) is 0.500. The van der Waals surface area contributed by atoms with E-state index in [1.807, 2.05) is 24.3 Å². The fourth-order valence-electron chi connectivity index (χ4n) is 4.83. The van der Waals surface area contributed by atoms with E-state index in [-0.39, 0.29) is 23.8 Å². The number of thioether (sulfide) groups is 1. The second-order valence-corrected chi connectivity index (χ2v) is 9.96. The quantitative estimate of drug-likeness (QED) is 0.418. The third-order valence-electron chi connectivity index (χ3n) is 5.44. The van der Waals surface area contributed by atoms with Crippen LogP contribution in [-0.2, 0) is 9.59 Å². The monoisotopic (exact) mass is 415 g/mol. The van der Waals surface area contributed by atoms with Crippen molar-refractivity contribution in [1.82, 2.24) is 10.2 Å². The van der Waals surface area contributed by atoms with Gasteiger partial charge >= 0.3 is 6.03 Å². The highest BCUT2D eigenvalue weighted by molar-refractivity contribution is 7.99. The number of benzene rings is 1. The van der Waals surface area contributed by atoms with Gasteiger partial charge in [0.2, 0.25) is 5.91 Å². The molecule has 2 unspecified atom stereocenters. The molecule has 0 radical (unpaired) electrons. The van der Waals surface area contributed by atoms with Gasteiger partial charge in [0.15, 0.2) is 0 Å². The van der Waals surface area contributed by atoms with Gasteiger partial charge in [-0.15, -0.1) is 18.3 Å². The van der Waals surface area contributed by atoms with Gasteiger partial charge in [0, 0.05) is 10.6 Å².